The van der Waals surface area contributed by atoms with Crippen molar-refractivity contribution in [1.82, 2.24) is 0 Å². The molecule has 0 aliphatic heterocycles. The minimum absolute atomic E-state index is 0.0810. The second-order valence-corrected chi connectivity index (χ2v) is 6.30. The summed E-state index contributed by atoms with van der Waals surface area (Å²) in [5.74, 6) is 0. The Morgan fingerprint density at radius 3 is 2.25 bits per heavy atom. The van der Waals surface area contributed by atoms with Gasteiger partial charge in [-0.25, -0.2) is 0 Å². The average molecular weight is 245 g/mol. The van der Waals surface area contributed by atoms with Crippen molar-refractivity contribution in [3.8, 4) is 0 Å². The fourth-order valence-electron chi connectivity index (χ4n) is 1.27. The lowest BCUT2D eigenvalue weighted by molar-refractivity contribution is 1.42. The molecule has 0 aliphatic carbocycles. The number of hydrogen-bond acceptors (Lipinski definition) is 0. The van der Waals surface area contributed by atoms with Gasteiger partial charge in [-0.1, -0.05) is 55.9 Å². The summed E-state index contributed by atoms with van der Waals surface area (Å²) >= 11 is 3.59. The Kier molecular flexibility index (Phi) is 4.25. The van der Waals surface area contributed by atoms with E-state index in [1.54, 1.807) is 0 Å². The third-order valence-corrected chi connectivity index (χ3v) is 5.55. The Balaban J connectivity index is 2.92. The highest BCUT2D eigenvalue weighted by Crippen LogP contribution is 2.35. The second kappa shape index (κ2) is 4.99. The summed E-state index contributed by atoms with van der Waals surface area (Å²) in [6, 6.07) is 8.58. The van der Waals surface area contributed by atoms with Crippen molar-refractivity contribution in [1.29, 1.82) is 0 Å². The third-order valence-electron chi connectivity index (χ3n) is 1.96. The molecular formula is C10H14BrP. The minimum atomic E-state index is 0.0810. The van der Waals surface area contributed by atoms with E-state index < -0.39 is 0 Å². The zero-order chi connectivity index (χ0) is 8.97. The molecule has 0 atom stereocenters. The van der Waals surface area contributed by atoms with Crippen LogP contribution in [0.1, 0.15) is 13.8 Å². The lowest BCUT2D eigenvalue weighted by atomic mass is 10.4. The lowest BCUT2D eigenvalue weighted by Crippen LogP contribution is -2.05. The molecule has 0 nitrogen and oxygen atoms in total. The summed E-state index contributed by atoms with van der Waals surface area (Å²) in [4.78, 5) is 0. The molecule has 0 unspecified atom stereocenters. The predicted octanol–water partition coefficient (Wildman–Crippen LogP) is 3.60. The standard InChI is InChI=1S/C10H14BrP/c1-3-12(4-2)10-8-6-5-7-9(10)11/h5-8H,3-4H2,1-2H3. The first-order valence-corrected chi connectivity index (χ1v) is 6.79. The van der Waals surface area contributed by atoms with Crippen LogP contribution in [0.15, 0.2) is 28.7 Å². The van der Waals surface area contributed by atoms with Crippen LogP contribution in [-0.4, -0.2) is 12.3 Å². The van der Waals surface area contributed by atoms with Crippen LogP contribution >= 0.6 is 23.9 Å². The normalized spacial score (nSPS) is 10.7. The largest absolute Gasteiger partial charge is 0.0746 e. The summed E-state index contributed by atoms with van der Waals surface area (Å²) in [5, 5.41) is 1.51. The number of benzene rings is 1. The van der Waals surface area contributed by atoms with Gasteiger partial charge in [0.05, 0.1) is 0 Å². The molecule has 0 heterocycles. The van der Waals surface area contributed by atoms with E-state index in [2.05, 4.69) is 54.0 Å². The maximum absolute atomic E-state index is 3.59. The highest BCUT2D eigenvalue weighted by molar-refractivity contribution is 9.10. The molecule has 0 spiro atoms. The molecule has 0 fully saturated rings. The predicted molar refractivity (Wildman–Crippen MR) is 61.8 cm³/mol. The number of hydrogen-bond donors (Lipinski definition) is 0. The number of rotatable bonds is 3. The zero-order valence-electron chi connectivity index (χ0n) is 7.55. The van der Waals surface area contributed by atoms with Crippen LogP contribution in [0.3, 0.4) is 0 Å². The van der Waals surface area contributed by atoms with Gasteiger partial charge >= 0.3 is 0 Å². The summed E-state index contributed by atoms with van der Waals surface area (Å²) in [7, 11) is 0.0810. The molecular weight excluding hydrogens is 231 g/mol. The zero-order valence-corrected chi connectivity index (χ0v) is 10.0. The Morgan fingerprint density at radius 1 is 1.17 bits per heavy atom. The van der Waals surface area contributed by atoms with E-state index >= 15 is 0 Å². The number of halogens is 1. The van der Waals surface area contributed by atoms with Crippen LogP contribution in [0.2, 0.25) is 0 Å². The molecule has 66 valence electrons. The van der Waals surface area contributed by atoms with Gasteiger partial charge in [-0.05, 0) is 23.7 Å². The van der Waals surface area contributed by atoms with E-state index in [4.69, 9.17) is 0 Å². The van der Waals surface area contributed by atoms with Crippen LogP contribution in [0.25, 0.3) is 0 Å². The highest BCUT2D eigenvalue weighted by atomic mass is 79.9. The SMILES string of the molecule is CCP(CC)c1ccccc1Br. The summed E-state index contributed by atoms with van der Waals surface area (Å²) < 4.78 is 1.28. The third kappa shape index (κ3) is 2.31. The van der Waals surface area contributed by atoms with Crippen LogP contribution in [-0.2, 0) is 0 Å². The monoisotopic (exact) mass is 244 g/mol. The van der Waals surface area contributed by atoms with E-state index in [9.17, 15) is 0 Å². The minimum Gasteiger partial charge on any atom is -0.0746 e. The van der Waals surface area contributed by atoms with Crippen LogP contribution in [0.5, 0.6) is 0 Å². The van der Waals surface area contributed by atoms with Gasteiger partial charge < -0.3 is 0 Å². The summed E-state index contributed by atoms with van der Waals surface area (Å²) in [6.07, 6.45) is 2.57. The van der Waals surface area contributed by atoms with Gasteiger partial charge in [-0.15, -0.1) is 0 Å². The molecule has 0 N–H and O–H groups in total. The van der Waals surface area contributed by atoms with Gasteiger partial charge in [0.25, 0.3) is 0 Å². The first-order chi connectivity index (χ1) is 5.79. The highest BCUT2D eigenvalue weighted by Gasteiger charge is 2.07. The maximum atomic E-state index is 3.59. The maximum Gasteiger partial charge on any atom is 0.0252 e. The van der Waals surface area contributed by atoms with Crippen LogP contribution in [0.4, 0.5) is 0 Å². The molecule has 0 aromatic heterocycles. The van der Waals surface area contributed by atoms with Crippen LogP contribution < -0.4 is 5.30 Å². The van der Waals surface area contributed by atoms with Gasteiger partial charge in [-0.2, -0.15) is 0 Å². The van der Waals surface area contributed by atoms with E-state index in [0.717, 1.165) is 0 Å². The summed E-state index contributed by atoms with van der Waals surface area (Å²) in [6.45, 7) is 4.54. The molecule has 1 aromatic rings. The fraction of sp³-hybridized carbons (Fsp3) is 0.400. The van der Waals surface area contributed by atoms with E-state index in [-0.39, 0.29) is 7.92 Å². The van der Waals surface area contributed by atoms with Gasteiger partial charge in [0.15, 0.2) is 0 Å². The van der Waals surface area contributed by atoms with Crippen molar-refractivity contribution in [3.63, 3.8) is 0 Å². The van der Waals surface area contributed by atoms with E-state index in [1.807, 2.05) is 0 Å². The molecule has 2 heteroatoms. The molecule has 0 saturated heterocycles. The van der Waals surface area contributed by atoms with Crippen molar-refractivity contribution >= 4 is 29.2 Å². The Bertz CT molecular complexity index is 243. The first kappa shape index (κ1) is 10.2. The Hall–Kier alpha value is 0.130. The molecule has 12 heavy (non-hydrogen) atoms. The van der Waals surface area contributed by atoms with Gasteiger partial charge in [0, 0.05) is 4.47 Å². The van der Waals surface area contributed by atoms with Crippen molar-refractivity contribution in [3.05, 3.63) is 28.7 Å². The van der Waals surface area contributed by atoms with E-state index in [0.29, 0.717) is 0 Å². The molecule has 1 aromatic carbocycles. The molecule has 1 rings (SSSR count). The molecule has 0 amide bonds. The molecule has 0 bridgehead atoms. The van der Waals surface area contributed by atoms with Crippen molar-refractivity contribution in [2.45, 2.75) is 13.8 Å². The van der Waals surface area contributed by atoms with Crippen molar-refractivity contribution in [2.75, 3.05) is 12.3 Å². The Morgan fingerprint density at radius 2 is 1.75 bits per heavy atom. The molecule has 0 aliphatic rings. The van der Waals surface area contributed by atoms with Crippen molar-refractivity contribution < 1.29 is 0 Å². The lowest BCUT2D eigenvalue weighted by Gasteiger charge is -2.14. The Labute approximate surface area is 84.3 Å². The van der Waals surface area contributed by atoms with E-state index in [1.165, 1.54) is 22.1 Å². The smallest absolute Gasteiger partial charge is 0.0252 e. The average Bonchev–Trinajstić information content (AvgIpc) is 2.10. The summed E-state index contributed by atoms with van der Waals surface area (Å²) in [5.41, 5.74) is 0. The van der Waals surface area contributed by atoms with Crippen LogP contribution in [0, 0.1) is 0 Å². The van der Waals surface area contributed by atoms with Gasteiger partial charge in [-0.3, -0.25) is 0 Å². The van der Waals surface area contributed by atoms with Gasteiger partial charge in [0.2, 0.25) is 0 Å². The molecule has 0 radical (unpaired) electrons. The quantitative estimate of drug-likeness (QED) is 0.714. The van der Waals surface area contributed by atoms with Crippen molar-refractivity contribution in [2.24, 2.45) is 0 Å². The fourth-order valence-corrected chi connectivity index (χ4v) is 4.11. The van der Waals surface area contributed by atoms with Gasteiger partial charge in [0.1, 0.15) is 0 Å². The first-order valence-electron chi connectivity index (χ1n) is 4.29. The second-order valence-electron chi connectivity index (χ2n) is 2.62. The topological polar surface area (TPSA) is 0 Å². The molecule has 0 saturated carbocycles.